The van der Waals surface area contributed by atoms with Crippen LogP contribution in [0.4, 0.5) is 34.1 Å². The summed E-state index contributed by atoms with van der Waals surface area (Å²) in [5, 5.41) is 0. The molecule has 8 rings (SSSR count). The highest BCUT2D eigenvalue weighted by molar-refractivity contribution is 9.10. The average molecular weight is 755 g/mol. The highest BCUT2D eigenvalue weighted by Gasteiger charge is 2.38. The molecular formula is C44H38Br2N2. The van der Waals surface area contributed by atoms with Crippen LogP contribution in [0, 0.1) is 20.8 Å². The molecule has 2 atom stereocenters. The molecule has 1 saturated carbocycles. The van der Waals surface area contributed by atoms with Crippen molar-refractivity contribution in [1.82, 2.24) is 0 Å². The molecule has 0 aromatic heterocycles. The first-order valence-electron chi connectivity index (χ1n) is 16.9. The third-order valence-corrected chi connectivity index (χ3v) is 11.3. The molecule has 2 nitrogen and oxygen atoms in total. The number of fused-ring (bicyclic) bond motifs is 5. The van der Waals surface area contributed by atoms with Crippen molar-refractivity contribution in [2.75, 3.05) is 9.80 Å². The second-order valence-electron chi connectivity index (χ2n) is 13.5. The minimum absolute atomic E-state index is 0.699. The summed E-state index contributed by atoms with van der Waals surface area (Å²) in [6, 6.07) is 47.1. The fourth-order valence-electron chi connectivity index (χ4n) is 7.90. The molecule has 238 valence electrons. The number of anilines is 6. The van der Waals surface area contributed by atoms with Crippen LogP contribution in [0.1, 0.15) is 58.9 Å². The number of rotatable bonds is 7. The van der Waals surface area contributed by atoms with Gasteiger partial charge >= 0.3 is 0 Å². The summed E-state index contributed by atoms with van der Waals surface area (Å²) >= 11 is 7.33. The van der Waals surface area contributed by atoms with Gasteiger partial charge in [0.05, 0.1) is 0 Å². The van der Waals surface area contributed by atoms with Gasteiger partial charge in [-0.15, -0.1) is 0 Å². The number of benzene rings is 6. The van der Waals surface area contributed by atoms with Crippen LogP contribution in [0.25, 0.3) is 11.1 Å². The van der Waals surface area contributed by atoms with E-state index in [1.165, 1.54) is 47.1 Å². The van der Waals surface area contributed by atoms with Gasteiger partial charge < -0.3 is 9.80 Å². The Balaban J connectivity index is 1.38. The summed E-state index contributed by atoms with van der Waals surface area (Å²) in [5.74, 6) is 1.44. The van der Waals surface area contributed by atoms with Crippen LogP contribution in [0.5, 0.6) is 0 Å². The number of aryl methyl sites for hydroxylation is 3. The summed E-state index contributed by atoms with van der Waals surface area (Å²) in [7, 11) is 0. The fraction of sp³-hybridized carbons (Fsp3) is 0.182. The zero-order valence-corrected chi connectivity index (χ0v) is 30.7. The predicted molar refractivity (Wildman–Crippen MR) is 210 cm³/mol. The third-order valence-electron chi connectivity index (χ3n) is 10.2. The van der Waals surface area contributed by atoms with Gasteiger partial charge in [-0.3, -0.25) is 0 Å². The van der Waals surface area contributed by atoms with Crippen molar-refractivity contribution < 1.29 is 0 Å². The van der Waals surface area contributed by atoms with E-state index in [0.29, 0.717) is 5.92 Å². The lowest BCUT2D eigenvalue weighted by molar-refractivity contribution is 0.714. The van der Waals surface area contributed by atoms with Crippen LogP contribution >= 0.6 is 31.9 Å². The Kier molecular flexibility index (Phi) is 8.26. The maximum absolute atomic E-state index is 3.66. The average Bonchev–Trinajstić information content (AvgIpc) is 3.72. The van der Waals surface area contributed by atoms with Crippen LogP contribution < -0.4 is 9.80 Å². The van der Waals surface area contributed by atoms with Crippen molar-refractivity contribution in [2.45, 2.75) is 51.9 Å². The molecule has 2 unspecified atom stereocenters. The number of halogens is 2. The van der Waals surface area contributed by atoms with E-state index < -0.39 is 0 Å². The van der Waals surface area contributed by atoms with E-state index in [9.17, 15) is 0 Å². The molecule has 0 heterocycles. The molecular weight excluding hydrogens is 716 g/mol. The molecule has 6 aromatic carbocycles. The Labute approximate surface area is 301 Å². The maximum Gasteiger partial charge on any atom is 0.0488 e. The van der Waals surface area contributed by atoms with Gasteiger partial charge in [0.2, 0.25) is 0 Å². The smallest absolute Gasteiger partial charge is 0.0488 e. The van der Waals surface area contributed by atoms with Crippen LogP contribution in [0.3, 0.4) is 0 Å². The molecule has 0 amide bonds. The van der Waals surface area contributed by atoms with Gasteiger partial charge in [-0.25, -0.2) is 0 Å². The molecule has 4 heteroatoms. The number of hydrogen-bond acceptors (Lipinski definition) is 2. The van der Waals surface area contributed by atoms with Gasteiger partial charge in [0, 0.05) is 43.1 Å². The Hall–Kier alpha value is -4.12. The molecule has 0 saturated heterocycles. The number of nitrogens with zero attached hydrogens (tertiary/aromatic N) is 2. The normalized spacial score (nSPS) is 16.2. The molecule has 0 aliphatic heterocycles. The topological polar surface area (TPSA) is 6.48 Å². The largest absolute Gasteiger partial charge is 0.310 e. The molecule has 2 aliphatic carbocycles. The summed E-state index contributed by atoms with van der Waals surface area (Å²) in [5.41, 5.74) is 16.3. The molecule has 6 aromatic rings. The highest BCUT2D eigenvalue weighted by atomic mass is 79.9. The predicted octanol–water partition coefficient (Wildman–Crippen LogP) is 14.1. The first-order chi connectivity index (χ1) is 23.3. The standard InChI is InChI=1S/C44H38Br2N2/c1-28-4-14-37(15-5-28)47(38-16-6-29(2)7-17-38)41-24-34(33-22-30(3)44-32-9-8-31(23-32)43(44)26-33)25-42(27-41)48(39-18-10-35(45)11-19-39)40-20-12-36(46)13-21-40/h4-7,10-22,24-27,31-32H,8-9,23H2,1-3H3. The first-order valence-corrected chi connectivity index (χ1v) is 18.4. The third kappa shape index (κ3) is 5.90. The van der Waals surface area contributed by atoms with Gasteiger partial charge in [0.15, 0.2) is 0 Å². The molecule has 48 heavy (non-hydrogen) atoms. The van der Waals surface area contributed by atoms with E-state index >= 15 is 0 Å². The Bertz CT molecular complexity index is 1900. The molecule has 0 spiro atoms. The van der Waals surface area contributed by atoms with Gasteiger partial charge in [-0.2, -0.15) is 0 Å². The Morgan fingerprint density at radius 2 is 0.875 bits per heavy atom. The fourth-order valence-corrected chi connectivity index (χ4v) is 8.43. The maximum atomic E-state index is 3.66. The summed E-state index contributed by atoms with van der Waals surface area (Å²) < 4.78 is 2.12. The lowest BCUT2D eigenvalue weighted by atomic mass is 9.86. The van der Waals surface area contributed by atoms with E-state index in [2.05, 4.69) is 190 Å². The second-order valence-corrected chi connectivity index (χ2v) is 15.4. The van der Waals surface area contributed by atoms with Crippen LogP contribution in [-0.4, -0.2) is 0 Å². The van der Waals surface area contributed by atoms with Gasteiger partial charge in [0.25, 0.3) is 0 Å². The van der Waals surface area contributed by atoms with E-state index in [4.69, 9.17) is 0 Å². The lowest BCUT2D eigenvalue weighted by Gasteiger charge is -2.30. The van der Waals surface area contributed by atoms with Crippen LogP contribution in [0.2, 0.25) is 0 Å². The number of hydrogen-bond donors (Lipinski definition) is 0. The first kappa shape index (κ1) is 31.2. The monoisotopic (exact) mass is 752 g/mol. The Morgan fingerprint density at radius 1 is 0.458 bits per heavy atom. The van der Waals surface area contributed by atoms with Gasteiger partial charge in [0.1, 0.15) is 0 Å². The zero-order chi connectivity index (χ0) is 32.9. The molecule has 0 radical (unpaired) electrons. The molecule has 2 bridgehead atoms. The summed E-state index contributed by atoms with van der Waals surface area (Å²) in [6.45, 7) is 6.63. The van der Waals surface area contributed by atoms with Crippen molar-refractivity contribution in [3.63, 3.8) is 0 Å². The quantitative estimate of drug-likeness (QED) is 0.160. The summed E-state index contributed by atoms with van der Waals surface area (Å²) in [6.07, 6.45) is 3.98. The van der Waals surface area contributed by atoms with E-state index in [1.807, 2.05) is 0 Å². The zero-order valence-electron chi connectivity index (χ0n) is 27.6. The molecule has 2 aliphatic rings. The SMILES string of the molecule is Cc1ccc(N(c2ccc(C)cc2)c2cc(-c3cc(C)c4c(c3)C3CCC4C3)cc(N(c3ccc(Br)cc3)c3ccc(Br)cc3)c2)cc1. The van der Waals surface area contributed by atoms with Crippen molar-refractivity contribution in [3.8, 4) is 11.1 Å². The lowest BCUT2D eigenvalue weighted by Crippen LogP contribution is -2.14. The van der Waals surface area contributed by atoms with E-state index in [-0.39, 0.29) is 0 Å². The second kappa shape index (κ2) is 12.7. The van der Waals surface area contributed by atoms with Gasteiger partial charge in [-0.05, 0) is 171 Å². The minimum atomic E-state index is 0.699. The van der Waals surface area contributed by atoms with Gasteiger partial charge in [-0.1, -0.05) is 79.4 Å². The van der Waals surface area contributed by atoms with Crippen molar-refractivity contribution in [2.24, 2.45) is 0 Å². The highest BCUT2D eigenvalue weighted by Crippen LogP contribution is 2.55. The molecule has 0 N–H and O–H groups in total. The Morgan fingerprint density at radius 3 is 1.35 bits per heavy atom. The van der Waals surface area contributed by atoms with Crippen LogP contribution in [-0.2, 0) is 0 Å². The van der Waals surface area contributed by atoms with Crippen molar-refractivity contribution >= 4 is 66.0 Å². The van der Waals surface area contributed by atoms with Crippen molar-refractivity contribution in [3.05, 3.63) is 164 Å². The van der Waals surface area contributed by atoms with Crippen molar-refractivity contribution in [1.29, 1.82) is 0 Å². The molecule has 1 fully saturated rings. The van der Waals surface area contributed by atoms with E-state index in [1.54, 1.807) is 11.1 Å². The van der Waals surface area contributed by atoms with Crippen LogP contribution in [0.15, 0.2) is 136 Å². The van der Waals surface area contributed by atoms with E-state index in [0.717, 1.165) is 49.0 Å². The summed E-state index contributed by atoms with van der Waals surface area (Å²) in [4.78, 5) is 4.77. The minimum Gasteiger partial charge on any atom is -0.310 e.